The second kappa shape index (κ2) is 6.92. The first-order chi connectivity index (χ1) is 9.28. The van der Waals surface area contributed by atoms with Gasteiger partial charge in [-0.2, -0.15) is 0 Å². The summed E-state index contributed by atoms with van der Waals surface area (Å²) in [6, 6.07) is 4.22. The molecule has 0 aliphatic heterocycles. The molecule has 0 spiro atoms. The quantitative estimate of drug-likeness (QED) is 0.633. The highest BCUT2D eigenvalue weighted by atomic mass is 35.5. The van der Waals surface area contributed by atoms with Gasteiger partial charge in [0.1, 0.15) is 4.90 Å². The summed E-state index contributed by atoms with van der Waals surface area (Å²) >= 11 is 5.88. The summed E-state index contributed by atoms with van der Waals surface area (Å²) in [5.41, 5.74) is 5.87. The topological polar surface area (TPSA) is 89.7 Å². The van der Waals surface area contributed by atoms with Crippen LogP contribution in [0.1, 0.15) is 13.3 Å². The second-order valence-electron chi connectivity index (χ2n) is 4.07. The van der Waals surface area contributed by atoms with Crippen LogP contribution in [0.4, 0.5) is 5.69 Å². The standard InChI is InChI=1S/C12H17ClN2O4S/c1-3-19-12(16)6-7-15(2)20(17,18)11-8-9(14)4-5-10(11)13/h4-5,8H,3,6-7,14H2,1-2H3. The van der Waals surface area contributed by atoms with Gasteiger partial charge in [-0.3, -0.25) is 4.79 Å². The lowest BCUT2D eigenvalue weighted by Crippen LogP contribution is -2.29. The number of nitrogens with two attached hydrogens (primary N) is 1. The van der Waals surface area contributed by atoms with E-state index in [2.05, 4.69) is 0 Å². The Labute approximate surface area is 123 Å². The summed E-state index contributed by atoms with van der Waals surface area (Å²) in [5.74, 6) is -0.451. The highest BCUT2D eigenvalue weighted by Gasteiger charge is 2.24. The minimum Gasteiger partial charge on any atom is -0.466 e. The van der Waals surface area contributed by atoms with Crippen molar-refractivity contribution < 1.29 is 17.9 Å². The van der Waals surface area contributed by atoms with Crippen molar-refractivity contribution in [1.82, 2.24) is 4.31 Å². The van der Waals surface area contributed by atoms with Gasteiger partial charge in [0, 0.05) is 19.3 Å². The second-order valence-corrected chi connectivity index (χ2v) is 6.49. The number of benzene rings is 1. The van der Waals surface area contributed by atoms with E-state index in [-0.39, 0.29) is 29.5 Å². The van der Waals surface area contributed by atoms with Crippen LogP contribution in [0.15, 0.2) is 23.1 Å². The van der Waals surface area contributed by atoms with E-state index in [1.165, 1.54) is 25.2 Å². The molecule has 0 aliphatic carbocycles. The smallest absolute Gasteiger partial charge is 0.307 e. The van der Waals surface area contributed by atoms with Gasteiger partial charge in [0.25, 0.3) is 0 Å². The molecule has 112 valence electrons. The maximum absolute atomic E-state index is 12.3. The van der Waals surface area contributed by atoms with Crippen molar-refractivity contribution in [2.45, 2.75) is 18.2 Å². The number of ether oxygens (including phenoxy) is 1. The Balaban J connectivity index is 2.87. The van der Waals surface area contributed by atoms with Crippen LogP contribution in [-0.4, -0.2) is 38.9 Å². The van der Waals surface area contributed by atoms with Gasteiger partial charge in [0.15, 0.2) is 0 Å². The average molecular weight is 321 g/mol. The van der Waals surface area contributed by atoms with Crippen LogP contribution in [0.2, 0.25) is 5.02 Å². The molecule has 0 saturated carbocycles. The summed E-state index contributed by atoms with van der Waals surface area (Å²) in [5, 5.41) is 0.0854. The van der Waals surface area contributed by atoms with E-state index < -0.39 is 16.0 Å². The number of sulfonamides is 1. The van der Waals surface area contributed by atoms with Crippen molar-refractivity contribution in [2.75, 3.05) is 25.9 Å². The third kappa shape index (κ3) is 4.09. The number of rotatable bonds is 6. The summed E-state index contributed by atoms with van der Waals surface area (Å²) < 4.78 is 30.4. The molecule has 0 saturated heterocycles. The first kappa shape index (κ1) is 16.7. The lowest BCUT2D eigenvalue weighted by molar-refractivity contribution is -0.143. The number of nitrogens with zero attached hydrogens (tertiary/aromatic N) is 1. The summed E-state index contributed by atoms with van der Waals surface area (Å²) in [4.78, 5) is 11.2. The highest BCUT2D eigenvalue weighted by Crippen LogP contribution is 2.26. The monoisotopic (exact) mass is 320 g/mol. The Kier molecular flexibility index (Phi) is 5.79. The molecule has 0 unspecified atom stereocenters. The number of nitrogen functional groups attached to an aromatic ring is 1. The van der Waals surface area contributed by atoms with Gasteiger partial charge in [-0.1, -0.05) is 11.6 Å². The zero-order chi connectivity index (χ0) is 15.3. The molecule has 0 heterocycles. The molecule has 0 bridgehead atoms. The van der Waals surface area contributed by atoms with Crippen LogP contribution in [0.25, 0.3) is 0 Å². The van der Waals surface area contributed by atoms with Crippen molar-refractivity contribution in [3.05, 3.63) is 23.2 Å². The number of hydrogen-bond acceptors (Lipinski definition) is 5. The molecule has 0 aromatic heterocycles. The van der Waals surface area contributed by atoms with Crippen LogP contribution in [0.3, 0.4) is 0 Å². The molecule has 1 aromatic carbocycles. The van der Waals surface area contributed by atoms with Gasteiger partial charge >= 0.3 is 5.97 Å². The zero-order valence-corrected chi connectivity index (χ0v) is 12.9. The molecule has 0 atom stereocenters. The van der Waals surface area contributed by atoms with E-state index in [4.69, 9.17) is 22.1 Å². The lowest BCUT2D eigenvalue weighted by Gasteiger charge is -2.17. The van der Waals surface area contributed by atoms with Crippen LogP contribution in [0, 0.1) is 0 Å². The Hall–Kier alpha value is -1.31. The van der Waals surface area contributed by atoms with Crippen molar-refractivity contribution in [3.8, 4) is 0 Å². The van der Waals surface area contributed by atoms with Gasteiger partial charge in [0.2, 0.25) is 10.0 Å². The summed E-state index contributed by atoms with van der Waals surface area (Å²) in [6.45, 7) is 1.95. The SMILES string of the molecule is CCOC(=O)CCN(C)S(=O)(=O)c1cc(N)ccc1Cl. The fourth-order valence-corrected chi connectivity index (χ4v) is 3.16. The largest absolute Gasteiger partial charge is 0.466 e. The van der Waals surface area contributed by atoms with E-state index in [0.29, 0.717) is 5.69 Å². The minimum absolute atomic E-state index is 0.00624. The van der Waals surface area contributed by atoms with Gasteiger partial charge in [0.05, 0.1) is 18.1 Å². The van der Waals surface area contributed by atoms with E-state index in [0.717, 1.165) is 4.31 Å². The third-order valence-electron chi connectivity index (χ3n) is 2.58. The Morgan fingerprint density at radius 2 is 2.10 bits per heavy atom. The molecule has 2 N–H and O–H groups in total. The molecule has 20 heavy (non-hydrogen) atoms. The fourth-order valence-electron chi connectivity index (χ4n) is 1.49. The van der Waals surface area contributed by atoms with E-state index in [1.54, 1.807) is 6.92 Å². The van der Waals surface area contributed by atoms with Gasteiger partial charge in [-0.25, -0.2) is 12.7 Å². The molecule has 1 aromatic rings. The normalized spacial score (nSPS) is 11.6. The molecule has 8 heteroatoms. The number of hydrogen-bond donors (Lipinski definition) is 1. The number of halogens is 1. The third-order valence-corrected chi connectivity index (χ3v) is 4.92. The molecular weight excluding hydrogens is 304 g/mol. The Morgan fingerprint density at radius 3 is 2.70 bits per heavy atom. The number of anilines is 1. The van der Waals surface area contributed by atoms with Gasteiger partial charge < -0.3 is 10.5 Å². The highest BCUT2D eigenvalue weighted by molar-refractivity contribution is 7.89. The fraction of sp³-hybridized carbons (Fsp3) is 0.417. The van der Waals surface area contributed by atoms with Crippen molar-refractivity contribution in [3.63, 3.8) is 0 Å². The molecule has 6 nitrogen and oxygen atoms in total. The van der Waals surface area contributed by atoms with E-state index in [1.807, 2.05) is 0 Å². The van der Waals surface area contributed by atoms with Crippen LogP contribution < -0.4 is 5.73 Å². The van der Waals surface area contributed by atoms with Gasteiger partial charge in [-0.05, 0) is 25.1 Å². The summed E-state index contributed by atoms with van der Waals surface area (Å²) in [6.07, 6.45) is -0.0243. The molecule has 0 aliphatic rings. The van der Waals surface area contributed by atoms with Crippen LogP contribution in [-0.2, 0) is 19.6 Å². The lowest BCUT2D eigenvalue weighted by atomic mass is 10.3. The first-order valence-corrected chi connectivity index (χ1v) is 7.77. The van der Waals surface area contributed by atoms with Crippen molar-refractivity contribution >= 4 is 33.3 Å². The van der Waals surface area contributed by atoms with Crippen LogP contribution >= 0.6 is 11.6 Å². The number of carbonyl (C=O) groups is 1. The van der Waals surface area contributed by atoms with Gasteiger partial charge in [-0.15, -0.1) is 0 Å². The minimum atomic E-state index is -3.79. The molecule has 0 amide bonds. The zero-order valence-electron chi connectivity index (χ0n) is 11.3. The molecule has 0 radical (unpaired) electrons. The maximum atomic E-state index is 12.3. The Morgan fingerprint density at radius 1 is 1.45 bits per heavy atom. The number of esters is 1. The predicted octanol–water partition coefficient (Wildman–Crippen LogP) is 1.50. The van der Waals surface area contributed by atoms with Crippen molar-refractivity contribution in [2.24, 2.45) is 0 Å². The van der Waals surface area contributed by atoms with E-state index >= 15 is 0 Å². The maximum Gasteiger partial charge on any atom is 0.307 e. The molecular formula is C12H17ClN2O4S. The number of carbonyl (C=O) groups excluding carboxylic acids is 1. The van der Waals surface area contributed by atoms with Crippen molar-refractivity contribution in [1.29, 1.82) is 0 Å². The van der Waals surface area contributed by atoms with Crippen LogP contribution in [0.5, 0.6) is 0 Å². The average Bonchev–Trinajstić information content (AvgIpc) is 2.38. The van der Waals surface area contributed by atoms with E-state index in [9.17, 15) is 13.2 Å². The first-order valence-electron chi connectivity index (χ1n) is 5.96. The Bertz CT molecular complexity index is 589. The summed E-state index contributed by atoms with van der Waals surface area (Å²) in [7, 11) is -2.42. The molecule has 0 fully saturated rings. The molecule has 1 rings (SSSR count). The predicted molar refractivity (Wildman–Crippen MR) is 76.9 cm³/mol.